The molecular formula is C28H24FN3O3. The topological polar surface area (TPSA) is 73.5 Å². The van der Waals surface area contributed by atoms with Crippen LogP contribution in [0.15, 0.2) is 72.9 Å². The molecule has 35 heavy (non-hydrogen) atoms. The molecule has 1 aliphatic rings. The lowest BCUT2D eigenvalue weighted by Gasteiger charge is -2.34. The third kappa shape index (κ3) is 4.21. The summed E-state index contributed by atoms with van der Waals surface area (Å²) in [5, 5.41) is 0.110. The fourth-order valence-electron chi connectivity index (χ4n) is 4.49. The summed E-state index contributed by atoms with van der Waals surface area (Å²) in [6, 6.07) is 19.7. The van der Waals surface area contributed by atoms with Gasteiger partial charge in [0, 0.05) is 48.9 Å². The number of H-pyrrole nitrogens is 1. The molecule has 0 unspecified atom stereocenters. The highest BCUT2D eigenvalue weighted by atomic mass is 19.1. The van der Waals surface area contributed by atoms with Crippen LogP contribution in [0.3, 0.4) is 0 Å². The Labute approximate surface area is 202 Å². The van der Waals surface area contributed by atoms with Crippen LogP contribution in [-0.2, 0) is 4.79 Å². The maximum absolute atomic E-state index is 14.9. The van der Waals surface area contributed by atoms with E-state index in [1.165, 1.54) is 17.2 Å². The van der Waals surface area contributed by atoms with E-state index in [2.05, 4.69) is 4.98 Å². The standard InChI is InChI=1S/C28H24FN3O3/c1-18-7-9-19(10-8-18)21-11-12-23(29)24-22(17-30-25(21)24)26(33)28(35)32-15-13-31(14-16-32)27(34)20-5-3-2-4-6-20/h2-12,17,30H,13-16H2,1H3. The van der Waals surface area contributed by atoms with Gasteiger partial charge in [-0.3, -0.25) is 14.4 Å². The summed E-state index contributed by atoms with van der Waals surface area (Å²) in [6.45, 7) is 3.11. The number of hydrogen-bond acceptors (Lipinski definition) is 3. The van der Waals surface area contributed by atoms with Gasteiger partial charge >= 0.3 is 0 Å². The van der Waals surface area contributed by atoms with Crippen molar-refractivity contribution in [3.8, 4) is 11.1 Å². The van der Waals surface area contributed by atoms with Gasteiger partial charge in [0.25, 0.3) is 17.6 Å². The number of halogens is 1. The number of rotatable bonds is 4. The van der Waals surface area contributed by atoms with Gasteiger partial charge in [0.1, 0.15) is 5.82 Å². The molecule has 2 amide bonds. The van der Waals surface area contributed by atoms with Gasteiger partial charge in [-0.1, -0.05) is 48.0 Å². The number of Topliss-reactive ketones (excluding diaryl/α,β-unsaturated/α-hetero) is 1. The van der Waals surface area contributed by atoms with Crippen molar-refractivity contribution in [1.82, 2.24) is 14.8 Å². The zero-order valence-corrected chi connectivity index (χ0v) is 19.3. The Hall–Kier alpha value is -4.26. The van der Waals surface area contributed by atoms with Gasteiger partial charge in [0.15, 0.2) is 0 Å². The minimum absolute atomic E-state index is 0.0132. The molecule has 7 heteroatoms. The summed E-state index contributed by atoms with van der Waals surface area (Å²) < 4.78 is 14.9. The molecule has 0 saturated carbocycles. The second kappa shape index (κ2) is 9.18. The third-order valence-corrected chi connectivity index (χ3v) is 6.46. The van der Waals surface area contributed by atoms with Crippen molar-refractivity contribution < 1.29 is 18.8 Å². The molecule has 0 spiro atoms. The summed E-state index contributed by atoms with van der Waals surface area (Å²) in [7, 11) is 0. The first-order valence-corrected chi connectivity index (χ1v) is 11.5. The highest BCUT2D eigenvalue weighted by Crippen LogP contribution is 2.32. The van der Waals surface area contributed by atoms with E-state index in [1.807, 2.05) is 37.3 Å². The molecule has 176 valence electrons. The second-order valence-corrected chi connectivity index (χ2v) is 8.69. The number of nitrogens with zero attached hydrogens (tertiary/aromatic N) is 2. The normalized spacial score (nSPS) is 13.8. The number of carbonyl (C=O) groups is 3. The number of aryl methyl sites for hydroxylation is 1. The number of ketones is 1. The van der Waals surface area contributed by atoms with E-state index in [1.54, 1.807) is 35.2 Å². The fraction of sp³-hybridized carbons (Fsp3) is 0.179. The van der Waals surface area contributed by atoms with E-state index in [-0.39, 0.29) is 29.9 Å². The number of aromatic amines is 1. The zero-order valence-electron chi connectivity index (χ0n) is 19.3. The van der Waals surface area contributed by atoms with Crippen molar-refractivity contribution in [3.63, 3.8) is 0 Å². The van der Waals surface area contributed by atoms with Gasteiger partial charge in [0.05, 0.1) is 11.1 Å². The zero-order chi connectivity index (χ0) is 24.5. The lowest BCUT2D eigenvalue weighted by Crippen LogP contribution is -2.52. The molecule has 0 bridgehead atoms. The number of amides is 2. The van der Waals surface area contributed by atoms with Gasteiger partial charge in [-0.2, -0.15) is 0 Å². The Bertz CT molecular complexity index is 1420. The molecular weight excluding hydrogens is 445 g/mol. The monoisotopic (exact) mass is 469 g/mol. The van der Waals surface area contributed by atoms with Crippen LogP contribution in [-0.4, -0.2) is 58.6 Å². The van der Waals surface area contributed by atoms with Crippen LogP contribution >= 0.6 is 0 Å². The Morgan fingerprint density at radius 1 is 0.829 bits per heavy atom. The molecule has 1 aliphatic heterocycles. The molecule has 3 aromatic carbocycles. The molecule has 2 heterocycles. The van der Waals surface area contributed by atoms with Crippen LogP contribution in [0.1, 0.15) is 26.3 Å². The molecule has 4 aromatic rings. The fourth-order valence-corrected chi connectivity index (χ4v) is 4.49. The van der Waals surface area contributed by atoms with Crippen molar-refractivity contribution in [2.24, 2.45) is 0 Å². The van der Waals surface area contributed by atoms with Crippen LogP contribution in [0.5, 0.6) is 0 Å². The minimum Gasteiger partial charge on any atom is -0.360 e. The highest BCUT2D eigenvalue weighted by molar-refractivity contribution is 6.45. The van der Waals surface area contributed by atoms with Crippen molar-refractivity contribution >= 4 is 28.5 Å². The van der Waals surface area contributed by atoms with Gasteiger partial charge < -0.3 is 14.8 Å². The maximum atomic E-state index is 14.9. The van der Waals surface area contributed by atoms with Crippen LogP contribution in [0, 0.1) is 12.7 Å². The van der Waals surface area contributed by atoms with E-state index in [0.29, 0.717) is 24.2 Å². The number of hydrogen-bond donors (Lipinski definition) is 1. The van der Waals surface area contributed by atoms with Gasteiger partial charge in [-0.05, 0) is 36.8 Å². The summed E-state index contributed by atoms with van der Waals surface area (Å²) >= 11 is 0. The van der Waals surface area contributed by atoms with E-state index in [0.717, 1.165) is 16.7 Å². The second-order valence-electron chi connectivity index (χ2n) is 8.69. The van der Waals surface area contributed by atoms with Crippen molar-refractivity contribution in [3.05, 3.63) is 95.4 Å². The predicted molar refractivity (Wildman–Crippen MR) is 132 cm³/mol. The largest absolute Gasteiger partial charge is 0.360 e. The number of benzene rings is 3. The average molecular weight is 470 g/mol. The summed E-state index contributed by atoms with van der Waals surface area (Å²) in [6.07, 6.45) is 1.40. The Balaban J connectivity index is 1.35. The van der Waals surface area contributed by atoms with Crippen molar-refractivity contribution in [2.45, 2.75) is 6.92 Å². The van der Waals surface area contributed by atoms with Crippen LogP contribution < -0.4 is 0 Å². The van der Waals surface area contributed by atoms with Crippen molar-refractivity contribution in [1.29, 1.82) is 0 Å². The molecule has 0 radical (unpaired) electrons. The lowest BCUT2D eigenvalue weighted by atomic mass is 9.99. The molecule has 1 fully saturated rings. The quantitative estimate of drug-likeness (QED) is 0.355. The third-order valence-electron chi connectivity index (χ3n) is 6.46. The number of piperazine rings is 1. The van der Waals surface area contributed by atoms with Crippen LogP contribution in [0.25, 0.3) is 22.0 Å². The number of carbonyl (C=O) groups excluding carboxylic acids is 3. The summed E-state index contributed by atoms with van der Waals surface area (Å²) in [5.74, 6) is -2.13. The smallest absolute Gasteiger partial charge is 0.295 e. The van der Waals surface area contributed by atoms with E-state index in [4.69, 9.17) is 0 Å². The highest BCUT2D eigenvalue weighted by Gasteiger charge is 2.31. The Kier molecular flexibility index (Phi) is 5.91. The van der Waals surface area contributed by atoms with Crippen LogP contribution in [0.4, 0.5) is 4.39 Å². The first kappa shape index (κ1) is 22.5. The lowest BCUT2D eigenvalue weighted by molar-refractivity contribution is -0.127. The summed E-state index contributed by atoms with van der Waals surface area (Å²) in [4.78, 5) is 44.9. The number of nitrogens with one attached hydrogen (secondary N) is 1. The molecule has 6 nitrogen and oxygen atoms in total. The van der Waals surface area contributed by atoms with Gasteiger partial charge in [-0.15, -0.1) is 0 Å². The minimum atomic E-state index is -0.765. The molecule has 1 aromatic heterocycles. The van der Waals surface area contributed by atoms with Crippen molar-refractivity contribution in [2.75, 3.05) is 26.2 Å². The SMILES string of the molecule is Cc1ccc(-c2ccc(F)c3c(C(=O)C(=O)N4CCN(C(=O)c5ccccc5)CC4)c[nH]c23)cc1. The molecule has 5 rings (SSSR count). The van der Waals surface area contributed by atoms with Gasteiger partial charge in [-0.25, -0.2) is 4.39 Å². The van der Waals surface area contributed by atoms with Gasteiger partial charge in [0.2, 0.25) is 0 Å². The summed E-state index contributed by atoms with van der Waals surface area (Å²) in [5.41, 5.74) is 3.81. The molecule has 0 aliphatic carbocycles. The van der Waals surface area contributed by atoms with E-state index < -0.39 is 17.5 Å². The molecule has 1 saturated heterocycles. The van der Waals surface area contributed by atoms with Crippen LogP contribution in [0.2, 0.25) is 0 Å². The number of aromatic nitrogens is 1. The number of fused-ring (bicyclic) bond motifs is 1. The maximum Gasteiger partial charge on any atom is 0.295 e. The first-order chi connectivity index (χ1) is 16.9. The molecule has 1 N–H and O–H groups in total. The van der Waals surface area contributed by atoms with E-state index in [9.17, 15) is 18.8 Å². The predicted octanol–water partition coefficient (Wildman–Crippen LogP) is 4.45. The Morgan fingerprint density at radius 2 is 1.49 bits per heavy atom. The molecule has 0 atom stereocenters. The Morgan fingerprint density at radius 3 is 2.17 bits per heavy atom. The first-order valence-electron chi connectivity index (χ1n) is 11.5. The van der Waals surface area contributed by atoms with E-state index >= 15 is 0 Å². The average Bonchev–Trinajstić information content (AvgIpc) is 3.35.